The average molecular weight is 347 g/mol. The molecule has 0 spiro atoms. The van der Waals surface area contributed by atoms with Crippen LogP contribution < -0.4 is 10.5 Å². The van der Waals surface area contributed by atoms with Crippen molar-refractivity contribution in [2.45, 2.75) is 11.4 Å². The van der Waals surface area contributed by atoms with Gasteiger partial charge in [-0.25, -0.2) is 8.42 Å². The van der Waals surface area contributed by atoms with Crippen molar-refractivity contribution >= 4 is 43.0 Å². The highest BCUT2D eigenvalue weighted by Gasteiger charge is 2.16. The van der Waals surface area contributed by atoms with Crippen molar-refractivity contribution in [2.24, 2.45) is 5.73 Å². The maximum atomic E-state index is 12.1. The van der Waals surface area contributed by atoms with Crippen molar-refractivity contribution in [3.63, 3.8) is 0 Å². The molecule has 0 atom stereocenters. The summed E-state index contributed by atoms with van der Waals surface area (Å²) in [5, 5.41) is 1.59. The van der Waals surface area contributed by atoms with Crippen molar-refractivity contribution in [2.75, 3.05) is 4.72 Å². The summed E-state index contributed by atoms with van der Waals surface area (Å²) in [5.74, 6) is 0. The minimum atomic E-state index is -3.54. The molecule has 4 nitrogen and oxygen atoms in total. The molecule has 0 aliphatic carbocycles. The molecule has 0 aliphatic heterocycles. The summed E-state index contributed by atoms with van der Waals surface area (Å²) in [4.78, 5) is 1.08. The van der Waals surface area contributed by atoms with Crippen LogP contribution in [0.25, 0.3) is 0 Å². The molecule has 2 aromatic rings. The largest absolute Gasteiger partial charge is 0.326 e. The second kappa shape index (κ2) is 5.40. The van der Waals surface area contributed by atoms with Crippen molar-refractivity contribution in [1.29, 1.82) is 0 Å². The summed E-state index contributed by atoms with van der Waals surface area (Å²) in [6, 6.07) is 8.58. The number of sulfonamides is 1. The topological polar surface area (TPSA) is 72.2 Å². The van der Waals surface area contributed by atoms with Gasteiger partial charge in [-0.1, -0.05) is 22.0 Å². The zero-order chi connectivity index (χ0) is 13.2. The predicted octanol–water partition coefficient (Wildman–Crippen LogP) is 2.77. The number of nitrogens with two attached hydrogens (primary N) is 1. The number of halogens is 1. The standard InChI is InChI=1S/C11H11BrN2O2S2/c12-8-2-1-3-9(4-8)14-18(15,16)11-5-10(6-13)17-7-11/h1-5,7,14H,6,13H2. The molecule has 96 valence electrons. The van der Waals surface area contributed by atoms with Gasteiger partial charge in [0.1, 0.15) is 0 Å². The van der Waals surface area contributed by atoms with E-state index < -0.39 is 10.0 Å². The van der Waals surface area contributed by atoms with E-state index in [9.17, 15) is 8.42 Å². The van der Waals surface area contributed by atoms with Gasteiger partial charge >= 0.3 is 0 Å². The van der Waals surface area contributed by atoms with Gasteiger partial charge in [-0.15, -0.1) is 11.3 Å². The third-order valence-electron chi connectivity index (χ3n) is 2.22. The van der Waals surface area contributed by atoms with Crippen LogP contribution in [-0.2, 0) is 16.6 Å². The van der Waals surface area contributed by atoms with Crippen LogP contribution in [0.3, 0.4) is 0 Å². The molecule has 18 heavy (non-hydrogen) atoms. The smallest absolute Gasteiger partial charge is 0.262 e. The van der Waals surface area contributed by atoms with E-state index in [2.05, 4.69) is 20.7 Å². The van der Waals surface area contributed by atoms with Crippen LogP contribution in [0.1, 0.15) is 4.88 Å². The van der Waals surface area contributed by atoms with E-state index in [1.54, 1.807) is 29.6 Å². The lowest BCUT2D eigenvalue weighted by Crippen LogP contribution is -2.12. The minimum Gasteiger partial charge on any atom is -0.326 e. The van der Waals surface area contributed by atoms with E-state index in [-0.39, 0.29) is 4.90 Å². The third kappa shape index (κ3) is 3.11. The van der Waals surface area contributed by atoms with E-state index in [1.165, 1.54) is 11.3 Å². The highest BCUT2D eigenvalue weighted by molar-refractivity contribution is 9.10. The molecular weight excluding hydrogens is 336 g/mol. The van der Waals surface area contributed by atoms with Crippen molar-refractivity contribution in [1.82, 2.24) is 0 Å². The van der Waals surface area contributed by atoms with E-state index in [4.69, 9.17) is 5.73 Å². The third-order valence-corrected chi connectivity index (χ3v) is 5.18. The van der Waals surface area contributed by atoms with Crippen LogP contribution in [0.5, 0.6) is 0 Å². The Balaban J connectivity index is 2.27. The number of hydrogen-bond acceptors (Lipinski definition) is 4. The number of anilines is 1. The van der Waals surface area contributed by atoms with Crippen molar-refractivity contribution in [3.05, 3.63) is 45.1 Å². The molecule has 0 radical (unpaired) electrons. The molecule has 3 N–H and O–H groups in total. The summed E-state index contributed by atoms with van der Waals surface area (Å²) >= 11 is 4.63. The van der Waals surface area contributed by atoms with Crippen LogP contribution >= 0.6 is 27.3 Å². The molecule has 1 heterocycles. The van der Waals surface area contributed by atoms with Gasteiger partial charge in [0.05, 0.1) is 4.90 Å². The Morgan fingerprint density at radius 1 is 1.33 bits per heavy atom. The van der Waals surface area contributed by atoms with E-state index in [0.717, 1.165) is 9.35 Å². The number of thiophene rings is 1. The highest BCUT2D eigenvalue weighted by atomic mass is 79.9. The molecule has 0 unspecified atom stereocenters. The lowest BCUT2D eigenvalue weighted by Gasteiger charge is -2.06. The number of rotatable bonds is 4. The Labute approximate surface area is 118 Å². The van der Waals surface area contributed by atoms with Crippen LogP contribution in [0.15, 0.2) is 45.1 Å². The van der Waals surface area contributed by atoms with Crippen LogP contribution in [0.2, 0.25) is 0 Å². The molecular formula is C11H11BrN2O2S2. The van der Waals surface area contributed by atoms with Gasteiger partial charge in [0.2, 0.25) is 0 Å². The first kappa shape index (κ1) is 13.5. The molecule has 0 fully saturated rings. The second-order valence-electron chi connectivity index (χ2n) is 3.57. The summed E-state index contributed by atoms with van der Waals surface area (Å²) < 4.78 is 27.5. The lowest BCUT2D eigenvalue weighted by molar-refractivity contribution is 0.601. The Kier molecular flexibility index (Phi) is 4.06. The first-order valence-electron chi connectivity index (χ1n) is 5.07. The Hall–Kier alpha value is -0.890. The fourth-order valence-electron chi connectivity index (χ4n) is 1.37. The summed E-state index contributed by atoms with van der Waals surface area (Å²) in [6.45, 7) is 0.344. The fraction of sp³-hybridized carbons (Fsp3) is 0.0909. The van der Waals surface area contributed by atoms with Crippen molar-refractivity contribution < 1.29 is 8.42 Å². The normalized spacial score (nSPS) is 11.4. The molecule has 0 saturated carbocycles. The summed E-state index contributed by atoms with van der Waals surface area (Å²) in [7, 11) is -3.54. The molecule has 1 aromatic heterocycles. The molecule has 0 bridgehead atoms. The first-order chi connectivity index (χ1) is 8.51. The van der Waals surface area contributed by atoms with Gasteiger partial charge in [-0.05, 0) is 24.3 Å². The molecule has 1 aromatic carbocycles. The monoisotopic (exact) mass is 346 g/mol. The number of hydrogen-bond donors (Lipinski definition) is 2. The SMILES string of the molecule is NCc1cc(S(=O)(=O)Nc2cccc(Br)c2)cs1. The first-order valence-corrected chi connectivity index (χ1v) is 8.23. The van der Waals surface area contributed by atoms with Crippen LogP contribution in [0, 0.1) is 0 Å². The van der Waals surface area contributed by atoms with Gasteiger partial charge in [-0.2, -0.15) is 0 Å². The Bertz CT molecular complexity index is 653. The van der Waals surface area contributed by atoms with Crippen LogP contribution in [-0.4, -0.2) is 8.42 Å². The molecule has 0 saturated heterocycles. The Morgan fingerprint density at radius 3 is 2.72 bits per heavy atom. The molecule has 7 heteroatoms. The molecule has 0 aliphatic rings. The van der Waals surface area contributed by atoms with Gasteiger partial charge in [0.15, 0.2) is 0 Å². The fourth-order valence-corrected chi connectivity index (χ4v) is 3.98. The second-order valence-corrected chi connectivity index (χ2v) is 7.16. The van der Waals surface area contributed by atoms with Crippen molar-refractivity contribution in [3.8, 4) is 0 Å². The zero-order valence-corrected chi connectivity index (χ0v) is 12.5. The molecule has 2 rings (SSSR count). The summed E-state index contributed by atoms with van der Waals surface area (Å²) in [5.41, 5.74) is 5.99. The van der Waals surface area contributed by atoms with E-state index in [1.807, 2.05) is 6.07 Å². The maximum Gasteiger partial charge on any atom is 0.262 e. The zero-order valence-electron chi connectivity index (χ0n) is 9.26. The Morgan fingerprint density at radius 2 is 2.11 bits per heavy atom. The summed E-state index contributed by atoms with van der Waals surface area (Å²) in [6.07, 6.45) is 0. The average Bonchev–Trinajstić information content (AvgIpc) is 2.77. The number of benzene rings is 1. The lowest BCUT2D eigenvalue weighted by atomic mass is 10.3. The van der Waals surface area contributed by atoms with E-state index >= 15 is 0 Å². The quantitative estimate of drug-likeness (QED) is 0.893. The molecule has 0 amide bonds. The number of nitrogens with one attached hydrogen (secondary N) is 1. The van der Waals surface area contributed by atoms with Gasteiger partial charge in [-0.3, -0.25) is 4.72 Å². The maximum absolute atomic E-state index is 12.1. The van der Waals surface area contributed by atoms with Gasteiger partial charge < -0.3 is 5.73 Å². The minimum absolute atomic E-state index is 0.243. The highest BCUT2D eigenvalue weighted by Crippen LogP contribution is 2.23. The predicted molar refractivity (Wildman–Crippen MR) is 77.2 cm³/mol. The van der Waals surface area contributed by atoms with E-state index in [0.29, 0.717) is 12.2 Å². The van der Waals surface area contributed by atoms with Gasteiger partial charge in [0.25, 0.3) is 10.0 Å². The van der Waals surface area contributed by atoms with Crippen LogP contribution in [0.4, 0.5) is 5.69 Å². The van der Waals surface area contributed by atoms with Gasteiger partial charge in [0, 0.05) is 27.0 Å².